The van der Waals surface area contributed by atoms with E-state index < -0.39 is 0 Å². The molecule has 0 atom stereocenters. The molecule has 2 N–H and O–H groups in total. The molecule has 92 valence electrons. The molecule has 0 unspecified atom stereocenters. The first-order valence-electron chi connectivity index (χ1n) is 5.34. The molecule has 0 aromatic carbocycles. The quantitative estimate of drug-likeness (QED) is 0.307. The molecule has 0 aliphatic carbocycles. The van der Waals surface area contributed by atoms with Crippen LogP contribution < -0.4 is 5.32 Å². The van der Waals surface area contributed by atoms with E-state index in [1.165, 1.54) is 0 Å². The Kier molecular flexibility index (Phi) is 9.16. The highest BCUT2D eigenvalue weighted by molar-refractivity contribution is 5.17. The minimum absolute atomic E-state index is 0.252. The van der Waals surface area contributed by atoms with E-state index in [1.807, 2.05) is 13.0 Å². The zero-order valence-corrected chi connectivity index (χ0v) is 10.3. The summed E-state index contributed by atoms with van der Waals surface area (Å²) in [5, 5.41) is 12.0. The third-order valence-corrected chi connectivity index (χ3v) is 1.67. The predicted molar refractivity (Wildman–Crippen MR) is 71.2 cm³/mol. The van der Waals surface area contributed by atoms with E-state index in [9.17, 15) is 0 Å². The molecule has 0 fully saturated rings. The molecule has 3 nitrogen and oxygen atoms in total. The summed E-state index contributed by atoms with van der Waals surface area (Å²) in [4.78, 5) is 0. The van der Waals surface area contributed by atoms with E-state index in [1.54, 1.807) is 37.5 Å². The summed E-state index contributed by atoms with van der Waals surface area (Å²) in [6.07, 6.45) is 15.1. The van der Waals surface area contributed by atoms with Crippen LogP contribution in [-0.4, -0.2) is 18.3 Å². The third kappa shape index (κ3) is 11.8. The fourth-order valence-electron chi connectivity index (χ4n) is 0.916. The number of rotatable bonds is 7. The third-order valence-electron chi connectivity index (χ3n) is 1.67. The fourth-order valence-corrected chi connectivity index (χ4v) is 0.916. The molecule has 0 heterocycles. The lowest BCUT2D eigenvalue weighted by molar-refractivity contribution is 0.252. The molecule has 0 amide bonds. The van der Waals surface area contributed by atoms with Crippen molar-refractivity contribution < 1.29 is 9.84 Å². The maximum Gasteiger partial charge on any atom is 0.104 e. The summed E-state index contributed by atoms with van der Waals surface area (Å²) in [5.41, 5.74) is 1.02. The van der Waals surface area contributed by atoms with Gasteiger partial charge in [-0.3, -0.25) is 0 Å². The van der Waals surface area contributed by atoms with E-state index in [4.69, 9.17) is 16.3 Å². The van der Waals surface area contributed by atoms with Crippen LogP contribution in [0.1, 0.15) is 13.8 Å². The first-order chi connectivity index (χ1) is 8.16. The molecule has 0 saturated heterocycles. The zero-order valence-electron chi connectivity index (χ0n) is 10.3. The summed E-state index contributed by atoms with van der Waals surface area (Å²) in [6.45, 7) is 4.82. The number of ether oxygens (including phenoxy) is 1. The molecule has 0 bridgehead atoms. The molecule has 0 radical (unpaired) electrons. The minimum atomic E-state index is 0.252. The predicted octanol–water partition coefficient (Wildman–Crippen LogP) is 2.66. The van der Waals surface area contributed by atoms with Crippen molar-refractivity contribution in [2.24, 2.45) is 0 Å². The van der Waals surface area contributed by atoms with Crippen LogP contribution in [0.15, 0.2) is 48.1 Å². The molecule has 0 aromatic heterocycles. The van der Waals surface area contributed by atoms with Gasteiger partial charge in [0.15, 0.2) is 0 Å². The van der Waals surface area contributed by atoms with Gasteiger partial charge in [0.05, 0.1) is 12.0 Å². The molecule has 0 aliphatic rings. The van der Waals surface area contributed by atoms with Gasteiger partial charge in [0.25, 0.3) is 0 Å². The van der Waals surface area contributed by atoms with E-state index in [0.29, 0.717) is 13.2 Å². The van der Waals surface area contributed by atoms with Gasteiger partial charge in [-0.1, -0.05) is 12.0 Å². The molecule has 0 aromatic rings. The second-order valence-corrected chi connectivity index (χ2v) is 3.31. The van der Waals surface area contributed by atoms with Gasteiger partial charge in [-0.05, 0) is 38.2 Å². The van der Waals surface area contributed by atoms with Gasteiger partial charge in [-0.15, -0.1) is 6.42 Å². The summed E-state index contributed by atoms with van der Waals surface area (Å²) in [7, 11) is 0. The van der Waals surface area contributed by atoms with Crippen molar-refractivity contribution in [1.82, 2.24) is 5.32 Å². The Morgan fingerprint density at radius 3 is 2.76 bits per heavy atom. The Balaban J connectivity index is 3.62. The van der Waals surface area contributed by atoms with Gasteiger partial charge in [0, 0.05) is 12.2 Å². The molecular formula is C14H19NO2. The highest BCUT2D eigenvalue weighted by Gasteiger charge is 1.86. The second kappa shape index (κ2) is 10.4. The number of terminal acetylenes is 1. The largest absolute Gasteiger partial charge is 0.513 e. The maximum atomic E-state index is 8.84. The van der Waals surface area contributed by atoms with Crippen molar-refractivity contribution >= 4 is 0 Å². The lowest BCUT2D eigenvalue weighted by Gasteiger charge is -2.04. The van der Waals surface area contributed by atoms with Gasteiger partial charge >= 0.3 is 0 Å². The summed E-state index contributed by atoms with van der Waals surface area (Å²) >= 11 is 0. The van der Waals surface area contributed by atoms with Crippen molar-refractivity contribution in [2.45, 2.75) is 13.8 Å². The van der Waals surface area contributed by atoms with Crippen molar-refractivity contribution in [1.29, 1.82) is 0 Å². The standard InChI is InChI=1S/C14H19NO2/c1-4-5-6-8-13(2)15-10-12-17-11-7-9-14(3)16/h1,5-9,11,15-16H,10,12H2,2-3H3/b6-5+,11-7+,13-8+,14-9+. The summed E-state index contributed by atoms with van der Waals surface area (Å²) in [6, 6.07) is 0. The number of hydrogen-bond donors (Lipinski definition) is 2. The van der Waals surface area contributed by atoms with Crippen LogP contribution in [0.2, 0.25) is 0 Å². The van der Waals surface area contributed by atoms with Crippen molar-refractivity contribution in [3.8, 4) is 12.3 Å². The lowest BCUT2D eigenvalue weighted by Crippen LogP contribution is -2.16. The molecule has 0 saturated carbocycles. The second-order valence-electron chi connectivity index (χ2n) is 3.31. The first-order valence-corrected chi connectivity index (χ1v) is 5.34. The highest BCUT2D eigenvalue weighted by Crippen LogP contribution is 1.88. The van der Waals surface area contributed by atoms with Gasteiger partial charge in [0.2, 0.25) is 0 Å². The van der Waals surface area contributed by atoms with Crippen LogP contribution >= 0.6 is 0 Å². The molecule has 0 spiro atoms. The van der Waals surface area contributed by atoms with Gasteiger partial charge in [0.1, 0.15) is 6.61 Å². The molecule has 17 heavy (non-hydrogen) atoms. The average molecular weight is 233 g/mol. The van der Waals surface area contributed by atoms with E-state index in [0.717, 1.165) is 5.70 Å². The molecule has 3 heteroatoms. The number of hydrogen-bond acceptors (Lipinski definition) is 3. The minimum Gasteiger partial charge on any atom is -0.513 e. The Morgan fingerprint density at radius 2 is 2.12 bits per heavy atom. The Bertz CT molecular complexity index is 353. The smallest absolute Gasteiger partial charge is 0.104 e. The number of aliphatic hydroxyl groups excluding tert-OH is 1. The van der Waals surface area contributed by atoms with Crippen LogP contribution in [0.4, 0.5) is 0 Å². The first kappa shape index (κ1) is 14.9. The number of nitrogens with one attached hydrogen (secondary N) is 1. The van der Waals surface area contributed by atoms with E-state index >= 15 is 0 Å². The normalized spacial score (nSPS) is 13.0. The Labute approximate surface area is 103 Å². The maximum absolute atomic E-state index is 8.84. The molecule has 0 aliphatic heterocycles. The van der Waals surface area contributed by atoms with E-state index in [-0.39, 0.29) is 5.76 Å². The van der Waals surface area contributed by atoms with Crippen molar-refractivity contribution in [2.75, 3.05) is 13.2 Å². The van der Waals surface area contributed by atoms with Gasteiger partial charge in [-0.2, -0.15) is 0 Å². The SMILES string of the molecule is C#C/C=C/C=C(\C)NCCO/C=C/C=C(\C)O. The summed E-state index contributed by atoms with van der Waals surface area (Å²) < 4.78 is 5.18. The fraction of sp³-hybridized carbons (Fsp3) is 0.286. The van der Waals surface area contributed by atoms with Crippen LogP contribution in [0.25, 0.3) is 0 Å². The Morgan fingerprint density at radius 1 is 1.35 bits per heavy atom. The lowest BCUT2D eigenvalue weighted by atomic mass is 10.4. The van der Waals surface area contributed by atoms with E-state index in [2.05, 4.69) is 11.2 Å². The zero-order chi connectivity index (χ0) is 12.9. The van der Waals surface area contributed by atoms with Crippen molar-refractivity contribution in [3.63, 3.8) is 0 Å². The van der Waals surface area contributed by atoms with Crippen LogP contribution in [0, 0.1) is 12.3 Å². The van der Waals surface area contributed by atoms with Gasteiger partial charge < -0.3 is 15.2 Å². The van der Waals surface area contributed by atoms with Crippen molar-refractivity contribution in [3.05, 3.63) is 48.1 Å². The molecule has 0 rings (SSSR count). The molecular weight excluding hydrogens is 214 g/mol. The summed E-state index contributed by atoms with van der Waals surface area (Å²) in [5.74, 6) is 2.66. The van der Waals surface area contributed by atoms with Crippen LogP contribution in [0.3, 0.4) is 0 Å². The Hall–Kier alpha value is -2.08. The average Bonchev–Trinajstić information content (AvgIpc) is 2.28. The van der Waals surface area contributed by atoms with Crippen LogP contribution in [-0.2, 0) is 4.74 Å². The number of allylic oxidation sites excluding steroid dienone is 7. The topological polar surface area (TPSA) is 41.5 Å². The highest BCUT2D eigenvalue weighted by atomic mass is 16.5. The monoisotopic (exact) mass is 233 g/mol. The number of aliphatic hydroxyl groups is 1. The van der Waals surface area contributed by atoms with Crippen LogP contribution in [0.5, 0.6) is 0 Å². The van der Waals surface area contributed by atoms with Gasteiger partial charge in [-0.25, -0.2) is 0 Å².